The summed E-state index contributed by atoms with van der Waals surface area (Å²) in [5.41, 5.74) is -1.39. The first kappa shape index (κ1) is 22.5. The van der Waals surface area contributed by atoms with E-state index < -0.39 is 29.4 Å². The summed E-state index contributed by atoms with van der Waals surface area (Å²) >= 11 is 0. The molecule has 0 aromatic carbocycles. The van der Waals surface area contributed by atoms with Crippen LogP contribution in [0.5, 0.6) is 0 Å². The summed E-state index contributed by atoms with van der Waals surface area (Å²) in [4.78, 5) is 26.4. The second-order valence-corrected chi connectivity index (χ2v) is 8.69. The van der Waals surface area contributed by atoms with Gasteiger partial charge >= 0.3 is 12.2 Å². The van der Waals surface area contributed by atoms with Gasteiger partial charge in [-0.2, -0.15) is 0 Å². The van der Waals surface area contributed by atoms with Crippen LogP contribution in [0.25, 0.3) is 0 Å². The molecule has 0 heterocycles. The highest BCUT2D eigenvalue weighted by Crippen LogP contribution is 2.21. The van der Waals surface area contributed by atoms with Crippen LogP contribution >= 0.6 is 0 Å². The molecule has 1 atom stereocenters. The first-order valence-electron chi connectivity index (χ1n) is 8.57. The van der Waals surface area contributed by atoms with Crippen LogP contribution in [-0.2, 0) is 9.47 Å². The molecule has 0 fully saturated rings. The van der Waals surface area contributed by atoms with Gasteiger partial charge in [-0.1, -0.05) is 39.8 Å². The summed E-state index contributed by atoms with van der Waals surface area (Å²) in [7, 11) is 0. The van der Waals surface area contributed by atoms with Gasteiger partial charge in [-0.25, -0.2) is 14.5 Å². The average Bonchev–Trinajstić information content (AvgIpc) is 2.28. The lowest BCUT2D eigenvalue weighted by atomic mass is 10.0. The highest BCUT2D eigenvalue weighted by Gasteiger charge is 2.36. The van der Waals surface area contributed by atoms with Gasteiger partial charge in [-0.15, -0.1) is 0 Å². The van der Waals surface area contributed by atoms with Crippen LogP contribution in [0.4, 0.5) is 9.59 Å². The maximum Gasteiger partial charge on any atom is 0.420 e. The van der Waals surface area contributed by atoms with E-state index in [1.54, 1.807) is 41.5 Å². The van der Waals surface area contributed by atoms with Crippen molar-refractivity contribution < 1.29 is 19.1 Å². The Kier molecular flexibility index (Phi) is 8.00. The lowest BCUT2D eigenvalue weighted by Gasteiger charge is -2.34. The van der Waals surface area contributed by atoms with Gasteiger partial charge < -0.3 is 9.47 Å². The monoisotopic (exact) mass is 341 g/mol. The SMILES string of the molecule is CC(C)/C=C/C(C(C)C)N(C(=O)OC(C)(C)C)C(=O)OC(C)(C)C. The summed E-state index contributed by atoms with van der Waals surface area (Å²) in [6.45, 7) is 18.6. The molecule has 0 saturated carbocycles. The topological polar surface area (TPSA) is 55.8 Å². The molecule has 0 aromatic heterocycles. The van der Waals surface area contributed by atoms with Crippen LogP contribution in [0, 0.1) is 11.8 Å². The number of hydrogen-bond acceptors (Lipinski definition) is 4. The lowest BCUT2D eigenvalue weighted by molar-refractivity contribution is -0.00707. The number of allylic oxidation sites excluding steroid dienone is 1. The van der Waals surface area contributed by atoms with Crippen LogP contribution in [0.2, 0.25) is 0 Å². The van der Waals surface area contributed by atoms with E-state index in [0.717, 1.165) is 4.90 Å². The molecule has 0 N–H and O–H groups in total. The minimum absolute atomic E-state index is 0.0278. The van der Waals surface area contributed by atoms with E-state index in [2.05, 4.69) is 0 Å². The predicted molar refractivity (Wildman–Crippen MR) is 96.9 cm³/mol. The van der Waals surface area contributed by atoms with Crippen LogP contribution in [-0.4, -0.2) is 34.3 Å². The number of carbonyl (C=O) groups is 2. The van der Waals surface area contributed by atoms with Crippen LogP contribution in [0.15, 0.2) is 12.2 Å². The van der Waals surface area contributed by atoms with E-state index >= 15 is 0 Å². The van der Waals surface area contributed by atoms with E-state index in [-0.39, 0.29) is 5.92 Å². The Morgan fingerprint density at radius 3 is 1.42 bits per heavy atom. The molecule has 5 heteroatoms. The highest BCUT2D eigenvalue weighted by atomic mass is 16.6. The molecule has 0 aromatic rings. The Bertz CT molecular complexity index is 425. The minimum Gasteiger partial charge on any atom is -0.443 e. The zero-order valence-corrected chi connectivity index (χ0v) is 17.0. The third kappa shape index (κ3) is 8.94. The van der Waals surface area contributed by atoms with E-state index in [1.165, 1.54) is 0 Å². The smallest absolute Gasteiger partial charge is 0.420 e. The molecule has 0 aliphatic heterocycles. The fourth-order valence-electron chi connectivity index (χ4n) is 1.88. The van der Waals surface area contributed by atoms with Crippen molar-refractivity contribution in [2.75, 3.05) is 0 Å². The predicted octanol–water partition coefficient (Wildman–Crippen LogP) is 5.40. The number of amides is 2. The normalized spacial score (nSPS) is 14.2. The van der Waals surface area contributed by atoms with Crippen molar-refractivity contribution in [2.24, 2.45) is 11.8 Å². The van der Waals surface area contributed by atoms with Crippen LogP contribution in [0.3, 0.4) is 0 Å². The van der Waals surface area contributed by atoms with Gasteiger partial charge in [-0.3, -0.25) is 0 Å². The summed E-state index contributed by atoms with van der Waals surface area (Å²) in [6, 6.07) is -0.433. The Hall–Kier alpha value is -1.52. The van der Waals surface area contributed by atoms with Gasteiger partial charge in [0.15, 0.2) is 0 Å². The molecule has 0 aliphatic rings. The summed E-state index contributed by atoms with van der Waals surface area (Å²) in [5, 5.41) is 0. The molecular formula is C19H35NO4. The molecule has 0 aliphatic carbocycles. The van der Waals surface area contributed by atoms with E-state index in [9.17, 15) is 9.59 Å². The summed E-state index contributed by atoms with van der Waals surface area (Å²) < 4.78 is 10.9. The zero-order chi connectivity index (χ0) is 19.3. The summed E-state index contributed by atoms with van der Waals surface area (Å²) in [5.74, 6) is 0.338. The second kappa shape index (κ2) is 8.54. The Balaban J connectivity index is 5.72. The Morgan fingerprint density at radius 1 is 0.792 bits per heavy atom. The molecule has 0 radical (unpaired) electrons. The molecule has 2 amide bonds. The van der Waals surface area contributed by atoms with Crippen molar-refractivity contribution in [2.45, 2.75) is 86.5 Å². The van der Waals surface area contributed by atoms with Gasteiger partial charge in [0.1, 0.15) is 11.2 Å². The Labute approximate surface area is 147 Å². The lowest BCUT2D eigenvalue weighted by Crippen LogP contribution is -2.50. The molecule has 140 valence electrons. The largest absolute Gasteiger partial charge is 0.443 e. The number of hydrogen-bond donors (Lipinski definition) is 0. The van der Waals surface area contributed by atoms with E-state index in [4.69, 9.17) is 9.47 Å². The number of imide groups is 1. The van der Waals surface area contributed by atoms with Gasteiger partial charge in [0.25, 0.3) is 0 Å². The van der Waals surface area contributed by atoms with Gasteiger partial charge in [0, 0.05) is 0 Å². The first-order valence-corrected chi connectivity index (χ1v) is 8.57. The minimum atomic E-state index is -0.694. The maximum atomic E-state index is 12.6. The van der Waals surface area contributed by atoms with Gasteiger partial charge in [0.05, 0.1) is 6.04 Å². The van der Waals surface area contributed by atoms with E-state index in [1.807, 2.05) is 39.8 Å². The molecule has 1 unspecified atom stereocenters. The molecule has 0 bridgehead atoms. The standard InChI is InChI=1S/C19H35NO4/c1-13(2)11-12-15(14(3)4)20(16(21)23-18(5,6)7)17(22)24-19(8,9)10/h11-15H,1-10H3/b12-11+. The molecule has 0 spiro atoms. The van der Waals surface area contributed by atoms with Crippen molar-refractivity contribution in [1.29, 1.82) is 0 Å². The van der Waals surface area contributed by atoms with Gasteiger partial charge in [-0.05, 0) is 53.4 Å². The molecule has 0 rings (SSSR count). The Morgan fingerprint density at radius 2 is 1.17 bits per heavy atom. The van der Waals surface area contributed by atoms with Crippen molar-refractivity contribution in [1.82, 2.24) is 4.90 Å². The summed E-state index contributed by atoms with van der Waals surface area (Å²) in [6.07, 6.45) is 2.47. The zero-order valence-electron chi connectivity index (χ0n) is 17.0. The van der Waals surface area contributed by atoms with Crippen LogP contribution < -0.4 is 0 Å². The fraction of sp³-hybridized carbons (Fsp3) is 0.789. The molecular weight excluding hydrogens is 306 g/mol. The third-order valence-electron chi connectivity index (χ3n) is 2.85. The van der Waals surface area contributed by atoms with Gasteiger partial charge in [0.2, 0.25) is 0 Å². The number of carbonyl (C=O) groups excluding carboxylic acids is 2. The van der Waals surface area contributed by atoms with Crippen LogP contribution in [0.1, 0.15) is 69.2 Å². The quantitative estimate of drug-likeness (QED) is 0.643. The van der Waals surface area contributed by atoms with Crippen molar-refractivity contribution in [3.63, 3.8) is 0 Å². The third-order valence-corrected chi connectivity index (χ3v) is 2.85. The average molecular weight is 341 g/mol. The first-order chi connectivity index (χ1) is 10.6. The van der Waals surface area contributed by atoms with Crippen molar-refractivity contribution in [3.05, 3.63) is 12.2 Å². The number of nitrogens with zero attached hydrogens (tertiary/aromatic N) is 1. The van der Waals surface area contributed by atoms with Crippen molar-refractivity contribution >= 4 is 12.2 Å². The van der Waals surface area contributed by atoms with Crippen molar-refractivity contribution in [3.8, 4) is 0 Å². The second-order valence-electron chi connectivity index (χ2n) is 8.69. The highest BCUT2D eigenvalue weighted by molar-refractivity contribution is 5.89. The fourth-order valence-corrected chi connectivity index (χ4v) is 1.88. The van der Waals surface area contributed by atoms with E-state index in [0.29, 0.717) is 5.92 Å². The number of ether oxygens (including phenoxy) is 2. The molecule has 24 heavy (non-hydrogen) atoms. The number of rotatable bonds is 4. The molecule has 5 nitrogen and oxygen atoms in total. The maximum absolute atomic E-state index is 12.6. The molecule has 0 saturated heterocycles.